The number of hydrogen-bond acceptors (Lipinski definition) is 4. The quantitative estimate of drug-likeness (QED) is 0.667. The fourth-order valence-electron chi connectivity index (χ4n) is 2.28. The molecule has 0 amide bonds. The zero-order valence-corrected chi connectivity index (χ0v) is 11.4. The number of nitro groups is 1. The van der Waals surface area contributed by atoms with E-state index in [9.17, 15) is 10.1 Å². The van der Waals surface area contributed by atoms with Crippen LogP contribution in [-0.4, -0.2) is 24.6 Å². The number of ether oxygens (including phenoxy) is 1. The number of piperidine rings is 1. The minimum Gasteiger partial charge on any atom is -0.486 e. The van der Waals surface area contributed by atoms with Crippen LogP contribution in [0, 0.1) is 16.0 Å². The zero-order valence-electron chi connectivity index (χ0n) is 10.6. The van der Waals surface area contributed by atoms with Crippen molar-refractivity contribution in [2.24, 2.45) is 5.92 Å². The van der Waals surface area contributed by atoms with Gasteiger partial charge < -0.3 is 10.1 Å². The molecule has 1 N–H and O–H groups in total. The van der Waals surface area contributed by atoms with E-state index in [1.807, 2.05) is 0 Å². The molecule has 2 rings (SSSR count). The molecular weight excluding hydrogens is 268 g/mol. The number of nitro benzene ring substituents is 1. The summed E-state index contributed by atoms with van der Waals surface area (Å²) in [6, 6.07) is 4.57. The molecule has 6 heteroatoms. The van der Waals surface area contributed by atoms with E-state index in [1.165, 1.54) is 6.07 Å². The lowest BCUT2D eigenvalue weighted by Crippen LogP contribution is -2.28. The van der Waals surface area contributed by atoms with Crippen LogP contribution in [0.1, 0.15) is 19.3 Å². The number of rotatable bonds is 5. The van der Waals surface area contributed by atoms with E-state index in [4.69, 9.17) is 16.3 Å². The summed E-state index contributed by atoms with van der Waals surface area (Å²) in [4.78, 5) is 10.4. The third kappa shape index (κ3) is 3.81. The van der Waals surface area contributed by atoms with Gasteiger partial charge in [-0.25, -0.2) is 0 Å². The molecule has 0 atom stereocenters. The maximum Gasteiger partial charge on any atom is 0.312 e. The Morgan fingerprint density at radius 3 is 2.84 bits per heavy atom. The molecule has 1 aliphatic heterocycles. The molecule has 0 aromatic heterocycles. The van der Waals surface area contributed by atoms with E-state index in [0.717, 1.165) is 32.4 Å². The number of benzene rings is 1. The summed E-state index contributed by atoms with van der Waals surface area (Å²) in [7, 11) is 0. The first-order valence-corrected chi connectivity index (χ1v) is 6.82. The molecule has 1 saturated heterocycles. The Hall–Kier alpha value is -1.33. The van der Waals surface area contributed by atoms with Crippen molar-refractivity contribution in [1.29, 1.82) is 0 Å². The van der Waals surface area contributed by atoms with Gasteiger partial charge in [0.05, 0.1) is 16.6 Å². The molecule has 0 spiro atoms. The highest BCUT2D eigenvalue weighted by Crippen LogP contribution is 2.34. The van der Waals surface area contributed by atoms with Gasteiger partial charge in [-0.3, -0.25) is 10.1 Å². The molecular formula is C13H17ClN2O3. The maximum atomic E-state index is 10.9. The summed E-state index contributed by atoms with van der Waals surface area (Å²) in [5.41, 5.74) is -0.0715. The number of hydrogen-bond donors (Lipinski definition) is 1. The lowest BCUT2D eigenvalue weighted by atomic mass is 9.95. The normalized spacial score (nSPS) is 16.3. The average Bonchev–Trinajstić information content (AvgIpc) is 2.41. The zero-order chi connectivity index (χ0) is 13.7. The van der Waals surface area contributed by atoms with E-state index in [0.29, 0.717) is 17.5 Å². The summed E-state index contributed by atoms with van der Waals surface area (Å²) >= 11 is 5.96. The van der Waals surface area contributed by atoms with Gasteiger partial charge in [0.25, 0.3) is 0 Å². The van der Waals surface area contributed by atoms with Gasteiger partial charge in [-0.05, 0) is 44.3 Å². The van der Waals surface area contributed by atoms with Crippen molar-refractivity contribution in [2.45, 2.75) is 19.3 Å². The Balaban J connectivity index is 1.93. The number of para-hydroxylation sites is 1. The van der Waals surface area contributed by atoms with Crippen LogP contribution in [0.3, 0.4) is 0 Å². The first-order chi connectivity index (χ1) is 9.18. The maximum absolute atomic E-state index is 10.9. The van der Waals surface area contributed by atoms with E-state index < -0.39 is 4.92 Å². The summed E-state index contributed by atoms with van der Waals surface area (Å²) in [5.74, 6) is 0.811. The van der Waals surface area contributed by atoms with Gasteiger partial charge in [0.15, 0.2) is 0 Å². The van der Waals surface area contributed by atoms with E-state index in [2.05, 4.69) is 5.32 Å². The lowest BCUT2D eigenvalue weighted by Gasteiger charge is -2.22. The average molecular weight is 285 g/mol. The van der Waals surface area contributed by atoms with Crippen molar-refractivity contribution in [3.8, 4) is 5.75 Å². The highest BCUT2D eigenvalue weighted by molar-refractivity contribution is 6.32. The molecule has 104 valence electrons. The topological polar surface area (TPSA) is 64.4 Å². The van der Waals surface area contributed by atoms with Gasteiger partial charge in [-0.1, -0.05) is 17.7 Å². The predicted molar refractivity (Wildman–Crippen MR) is 73.8 cm³/mol. The van der Waals surface area contributed by atoms with Gasteiger partial charge >= 0.3 is 5.69 Å². The van der Waals surface area contributed by atoms with Crippen molar-refractivity contribution < 1.29 is 9.66 Å². The van der Waals surface area contributed by atoms with Gasteiger partial charge in [0.1, 0.15) is 0 Å². The fraction of sp³-hybridized carbons (Fsp3) is 0.538. The molecule has 0 saturated carbocycles. The van der Waals surface area contributed by atoms with Gasteiger partial charge in [-0.2, -0.15) is 0 Å². The van der Waals surface area contributed by atoms with Gasteiger partial charge in [0, 0.05) is 6.07 Å². The molecule has 1 aliphatic rings. The van der Waals surface area contributed by atoms with Crippen LogP contribution in [0.15, 0.2) is 18.2 Å². The van der Waals surface area contributed by atoms with Crippen molar-refractivity contribution in [1.82, 2.24) is 5.32 Å². The van der Waals surface area contributed by atoms with E-state index >= 15 is 0 Å². The third-order valence-electron chi connectivity index (χ3n) is 3.37. The molecule has 1 heterocycles. The second-order valence-electron chi connectivity index (χ2n) is 4.68. The Morgan fingerprint density at radius 2 is 2.16 bits per heavy atom. The molecule has 1 aromatic rings. The van der Waals surface area contributed by atoms with Crippen molar-refractivity contribution in [3.63, 3.8) is 0 Å². The number of halogens is 1. The first kappa shape index (κ1) is 14.1. The minimum atomic E-state index is -0.467. The van der Waals surface area contributed by atoms with Crippen LogP contribution >= 0.6 is 11.6 Å². The van der Waals surface area contributed by atoms with E-state index in [1.54, 1.807) is 12.1 Å². The smallest absolute Gasteiger partial charge is 0.312 e. The highest BCUT2D eigenvalue weighted by atomic mass is 35.5. The first-order valence-electron chi connectivity index (χ1n) is 6.45. The second kappa shape index (κ2) is 6.73. The van der Waals surface area contributed by atoms with Crippen LogP contribution in [0.2, 0.25) is 5.02 Å². The Labute approximate surface area is 117 Å². The Bertz CT molecular complexity index is 448. The molecule has 0 bridgehead atoms. The van der Waals surface area contributed by atoms with Crippen LogP contribution in [0.25, 0.3) is 0 Å². The highest BCUT2D eigenvalue weighted by Gasteiger charge is 2.19. The monoisotopic (exact) mass is 284 g/mol. The lowest BCUT2D eigenvalue weighted by molar-refractivity contribution is -0.385. The van der Waals surface area contributed by atoms with Gasteiger partial charge in [-0.15, -0.1) is 0 Å². The largest absolute Gasteiger partial charge is 0.486 e. The van der Waals surface area contributed by atoms with Crippen LogP contribution in [0.4, 0.5) is 5.69 Å². The summed E-state index contributed by atoms with van der Waals surface area (Å²) < 4.78 is 5.54. The number of nitrogens with one attached hydrogen (secondary N) is 1. The Kier molecular flexibility index (Phi) is 4.99. The summed E-state index contributed by atoms with van der Waals surface area (Å²) in [6.07, 6.45) is 3.17. The van der Waals surface area contributed by atoms with E-state index in [-0.39, 0.29) is 11.4 Å². The summed E-state index contributed by atoms with van der Waals surface area (Å²) in [6.45, 7) is 2.54. The standard InChI is InChI=1S/C13H17ClN2O3/c14-11-2-1-3-12(16(17)18)13(11)19-9-6-10-4-7-15-8-5-10/h1-3,10,15H,4-9H2. The van der Waals surface area contributed by atoms with Crippen LogP contribution in [-0.2, 0) is 0 Å². The fourth-order valence-corrected chi connectivity index (χ4v) is 2.51. The third-order valence-corrected chi connectivity index (χ3v) is 3.67. The van der Waals surface area contributed by atoms with Crippen molar-refractivity contribution >= 4 is 17.3 Å². The van der Waals surface area contributed by atoms with Crippen molar-refractivity contribution in [3.05, 3.63) is 33.3 Å². The minimum absolute atomic E-state index is 0.0715. The SMILES string of the molecule is O=[N+]([O-])c1cccc(Cl)c1OCCC1CCNCC1. The molecule has 1 fully saturated rings. The molecule has 0 aliphatic carbocycles. The predicted octanol–water partition coefficient (Wildman–Crippen LogP) is 3.02. The van der Waals surface area contributed by atoms with Crippen LogP contribution < -0.4 is 10.1 Å². The summed E-state index contributed by atoms with van der Waals surface area (Å²) in [5, 5.41) is 14.5. The number of nitrogens with zero attached hydrogens (tertiary/aromatic N) is 1. The second-order valence-corrected chi connectivity index (χ2v) is 5.08. The molecule has 19 heavy (non-hydrogen) atoms. The van der Waals surface area contributed by atoms with Crippen LogP contribution in [0.5, 0.6) is 5.75 Å². The molecule has 0 unspecified atom stereocenters. The van der Waals surface area contributed by atoms with Gasteiger partial charge in [0.2, 0.25) is 5.75 Å². The molecule has 1 aromatic carbocycles. The Morgan fingerprint density at radius 1 is 1.42 bits per heavy atom. The van der Waals surface area contributed by atoms with Crippen molar-refractivity contribution in [2.75, 3.05) is 19.7 Å². The molecule has 5 nitrogen and oxygen atoms in total. The molecule has 0 radical (unpaired) electrons.